The molecule has 0 aliphatic heterocycles. The molecule has 0 saturated carbocycles. The van der Waals surface area contributed by atoms with E-state index in [4.69, 9.17) is 10.7 Å². The summed E-state index contributed by atoms with van der Waals surface area (Å²) in [6.45, 7) is 3.66. The van der Waals surface area contributed by atoms with Gasteiger partial charge >= 0.3 is 0 Å². The number of pyridine rings is 1. The largest absolute Gasteiger partial charge is 0.382 e. The van der Waals surface area contributed by atoms with Crippen LogP contribution in [0.1, 0.15) is 12.7 Å². The van der Waals surface area contributed by atoms with Crippen LogP contribution in [0.25, 0.3) is 32.4 Å². The van der Waals surface area contributed by atoms with Crippen molar-refractivity contribution in [2.45, 2.75) is 13.5 Å². The molecule has 0 atom stereocenters. The smallest absolute Gasteiger partial charge is 0.150 e. The van der Waals surface area contributed by atoms with Gasteiger partial charge in [-0.3, -0.25) is 0 Å². The van der Waals surface area contributed by atoms with E-state index in [0.717, 1.165) is 39.9 Å². The first kappa shape index (κ1) is 14.2. The van der Waals surface area contributed by atoms with E-state index in [0.29, 0.717) is 12.4 Å². The quantitative estimate of drug-likeness (QED) is 0.537. The lowest BCUT2D eigenvalue weighted by Crippen LogP contribution is -2.12. The molecule has 6 heteroatoms. The summed E-state index contributed by atoms with van der Waals surface area (Å²) in [5.41, 5.74) is 9.87. The van der Waals surface area contributed by atoms with Crippen molar-refractivity contribution in [2.24, 2.45) is 0 Å². The number of benzene rings is 1. The number of fused-ring (bicyclic) bond motifs is 3. The number of aromatic nitrogens is 3. The predicted octanol–water partition coefficient (Wildman–Crippen LogP) is 3.53. The third-order valence-electron chi connectivity index (χ3n) is 3.85. The van der Waals surface area contributed by atoms with E-state index in [1.165, 1.54) is 4.88 Å². The Morgan fingerprint density at radius 2 is 2.17 bits per heavy atom. The van der Waals surface area contributed by atoms with Gasteiger partial charge in [-0.05, 0) is 35.7 Å². The van der Waals surface area contributed by atoms with Gasteiger partial charge in [0.1, 0.15) is 22.7 Å². The summed E-state index contributed by atoms with van der Waals surface area (Å²) in [5, 5.41) is 6.36. The number of nitrogens with two attached hydrogens (primary N) is 1. The number of rotatable bonds is 4. The van der Waals surface area contributed by atoms with Crippen LogP contribution in [0.4, 0.5) is 5.82 Å². The standard InChI is InChI=1S/C17H17N5S/c1-2-19-9-14-21-15-11-6-5-10(13-4-3-7-23-13)8-12(11)20-17(18)16(15)22-14/h3-8,19H,2,9H2,1H3,(H2,18,20)(H,21,22). The lowest BCUT2D eigenvalue weighted by molar-refractivity contribution is 0.700. The molecule has 0 spiro atoms. The van der Waals surface area contributed by atoms with Crippen LogP contribution in [0.3, 0.4) is 0 Å². The summed E-state index contributed by atoms with van der Waals surface area (Å²) < 4.78 is 0. The van der Waals surface area contributed by atoms with Crippen LogP contribution in [0, 0.1) is 0 Å². The minimum atomic E-state index is 0.492. The molecule has 1 aromatic carbocycles. The fourth-order valence-electron chi connectivity index (χ4n) is 2.74. The number of nitrogens with zero attached hydrogens (tertiary/aromatic N) is 2. The first-order valence-electron chi connectivity index (χ1n) is 7.58. The zero-order chi connectivity index (χ0) is 15.8. The highest BCUT2D eigenvalue weighted by Gasteiger charge is 2.12. The Morgan fingerprint density at radius 1 is 1.26 bits per heavy atom. The number of thiophene rings is 1. The van der Waals surface area contributed by atoms with Gasteiger partial charge in [0.05, 0.1) is 12.1 Å². The number of H-pyrrole nitrogens is 1. The van der Waals surface area contributed by atoms with Crippen LogP contribution >= 0.6 is 11.3 Å². The minimum Gasteiger partial charge on any atom is -0.382 e. The molecular formula is C17H17N5S. The second-order valence-corrected chi connectivity index (χ2v) is 6.34. The van der Waals surface area contributed by atoms with Crippen molar-refractivity contribution < 1.29 is 0 Å². The van der Waals surface area contributed by atoms with Crippen molar-refractivity contribution in [3.05, 3.63) is 41.5 Å². The number of anilines is 1. The molecular weight excluding hydrogens is 306 g/mol. The molecule has 0 amide bonds. The van der Waals surface area contributed by atoms with E-state index in [1.807, 2.05) is 0 Å². The summed E-state index contributed by atoms with van der Waals surface area (Å²) >= 11 is 1.72. The average molecular weight is 323 g/mol. The van der Waals surface area contributed by atoms with Gasteiger partial charge in [-0.1, -0.05) is 19.1 Å². The maximum Gasteiger partial charge on any atom is 0.150 e. The first-order chi connectivity index (χ1) is 11.3. The monoisotopic (exact) mass is 323 g/mol. The third kappa shape index (κ3) is 2.46. The molecule has 0 radical (unpaired) electrons. The van der Waals surface area contributed by atoms with Crippen LogP contribution in [-0.4, -0.2) is 21.5 Å². The van der Waals surface area contributed by atoms with E-state index < -0.39 is 0 Å². The molecule has 0 unspecified atom stereocenters. The summed E-state index contributed by atoms with van der Waals surface area (Å²) in [5.74, 6) is 1.37. The van der Waals surface area contributed by atoms with Gasteiger partial charge in [-0.2, -0.15) is 0 Å². The molecule has 0 aliphatic carbocycles. The fourth-order valence-corrected chi connectivity index (χ4v) is 3.46. The summed E-state index contributed by atoms with van der Waals surface area (Å²) in [7, 11) is 0. The maximum absolute atomic E-state index is 6.13. The van der Waals surface area contributed by atoms with Crippen molar-refractivity contribution in [1.82, 2.24) is 20.3 Å². The Morgan fingerprint density at radius 3 is 2.96 bits per heavy atom. The first-order valence-corrected chi connectivity index (χ1v) is 8.46. The Hall–Kier alpha value is -2.44. The Bertz CT molecular complexity index is 972. The van der Waals surface area contributed by atoms with Crippen LogP contribution in [-0.2, 0) is 6.54 Å². The fraction of sp³-hybridized carbons (Fsp3) is 0.176. The Kier molecular flexibility index (Phi) is 3.48. The lowest BCUT2D eigenvalue weighted by atomic mass is 10.1. The van der Waals surface area contributed by atoms with E-state index in [1.54, 1.807) is 11.3 Å². The zero-order valence-corrected chi connectivity index (χ0v) is 13.6. The molecule has 5 nitrogen and oxygen atoms in total. The van der Waals surface area contributed by atoms with Gasteiger partial charge < -0.3 is 16.0 Å². The maximum atomic E-state index is 6.13. The molecule has 3 heterocycles. The van der Waals surface area contributed by atoms with Gasteiger partial charge in [0.25, 0.3) is 0 Å². The summed E-state index contributed by atoms with van der Waals surface area (Å²) in [6.07, 6.45) is 0. The van der Waals surface area contributed by atoms with Crippen molar-refractivity contribution in [2.75, 3.05) is 12.3 Å². The molecule has 23 heavy (non-hydrogen) atoms. The third-order valence-corrected chi connectivity index (χ3v) is 4.77. The molecule has 4 rings (SSSR count). The number of hydrogen-bond donors (Lipinski definition) is 3. The highest BCUT2D eigenvalue weighted by Crippen LogP contribution is 2.31. The van der Waals surface area contributed by atoms with E-state index in [9.17, 15) is 0 Å². The van der Waals surface area contributed by atoms with Crippen LogP contribution in [0.2, 0.25) is 0 Å². The van der Waals surface area contributed by atoms with Crippen LogP contribution in [0.5, 0.6) is 0 Å². The lowest BCUT2D eigenvalue weighted by Gasteiger charge is -2.04. The predicted molar refractivity (Wildman–Crippen MR) is 96.5 cm³/mol. The number of aromatic amines is 1. The van der Waals surface area contributed by atoms with Gasteiger partial charge in [-0.15, -0.1) is 11.3 Å². The van der Waals surface area contributed by atoms with Crippen molar-refractivity contribution in [3.8, 4) is 10.4 Å². The number of nitrogen functional groups attached to an aromatic ring is 1. The number of imidazole rings is 1. The SMILES string of the molecule is CCNCc1nc2c([nH]1)c(N)nc1cc(-c3cccs3)ccc12. The van der Waals surface area contributed by atoms with E-state index in [-0.39, 0.29) is 0 Å². The van der Waals surface area contributed by atoms with Crippen molar-refractivity contribution in [3.63, 3.8) is 0 Å². The summed E-state index contributed by atoms with van der Waals surface area (Å²) in [4.78, 5) is 13.8. The van der Waals surface area contributed by atoms with Crippen molar-refractivity contribution >= 4 is 39.1 Å². The molecule has 4 N–H and O–H groups in total. The molecule has 0 aliphatic rings. The van der Waals surface area contributed by atoms with Gasteiger partial charge in [0.2, 0.25) is 0 Å². The molecule has 3 aromatic heterocycles. The molecule has 116 valence electrons. The average Bonchev–Trinajstić information content (AvgIpc) is 3.22. The van der Waals surface area contributed by atoms with Gasteiger partial charge in [0, 0.05) is 10.3 Å². The van der Waals surface area contributed by atoms with Gasteiger partial charge in [-0.25, -0.2) is 9.97 Å². The van der Waals surface area contributed by atoms with E-state index in [2.05, 4.69) is 57.9 Å². The normalized spacial score (nSPS) is 11.5. The van der Waals surface area contributed by atoms with Crippen molar-refractivity contribution in [1.29, 1.82) is 0 Å². The van der Waals surface area contributed by atoms with Crippen LogP contribution < -0.4 is 11.1 Å². The minimum absolute atomic E-state index is 0.492. The highest BCUT2D eigenvalue weighted by atomic mass is 32.1. The molecule has 4 aromatic rings. The Balaban J connectivity index is 1.89. The van der Waals surface area contributed by atoms with E-state index >= 15 is 0 Å². The molecule has 0 bridgehead atoms. The second-order valence-electron chi connectivity index (χ2n) is 5.39. The van der Waals surface area contributed by atoms with Gasteiger partial charge in [0.15, 0.2) is 0 Å². The Labute approximate surface area is 137 Å². The highest BCUT2D eigenvalue weighted by molar-refractivity contribution is 7.13. The van der Waals surface area contributed by atoms with Crippen LogP contribution in [0.15, 0.2) is 35.7 Å². The second kappa shape index (κ2) is 5.64. The zero-order valence-electron chi connectivity index (χ0n) is 12.8. The number of nitrogens with one attached hydrogen (secondary N) is 2. The number of hydrogen-bond acceptors (Lipinski definition) is 5. The molecule has 0 fully saturated rings. The molecule has 0 saturated heterocycles. The summed E-state index contributed by atoms with van der Waals surface area (Å²) in [6, 6.07) is 10.4. The topological polar surface area (TPSA) is 79.6 Å².